The van der Waals surface area contributed by atoms with Crippen LogP contribution in [-0.2, 0) is 9.59 Å². The summed E-state index contributed by atoms with van der Waals surface area (Å²) in [6.45, 7) is 0. The summed E-state index contributed by atoms with van der Waals surface area (Å²) in [4.78, 5) is 28.3. The third-order valence-corrected chi connectivity index (χ3v) is 0.689. The summed E-state index contributed by atoms with van der Waals surface area (Å²) >= 11 is 0. The zero-order valence-electron chi connectivity index (χ0n) is 8.56. The van der Waals surface area contributed by atoms with Crippen molar-refractivity contribution in [2.24, 2.45) is 17.2 Å². The molecular formula is C5H9K2N3O5. The van der Waals surface area contributed by atoms with Crippen molar-refractivity contribution in [3.63, 3.8) is 0 Å². The first-order valence-electron chi connectivity index (χ1n) is 2.98. The molecule has 0 fully saturated rings. The van der Waals surface area contributed by atoms with Gasteiger partial charge in [-0.2, -0.15) is 0 Å². The molecule has 0 heterocycles. The SMILES string of the molecule is NC(CC(=O)[O-])C(=O)[O-].NC(N)=O.[K+].[K+]. The monoisotopic (exact) mass is 269 g/mol. The topological polar surface area (TPSA) is 175 Å². The number of carbonyl (C=O) groups is 3. The molecule has 1 unspecified atom stereocenters. The number of aliphatic carboxylic acids is 2. The predicted octanol–water partition coefficient (Wildman–Crippen LogP) is -10.8. The molecule has 0 aliphatic carbocycles. The van der Waals surface area contributed by atoms with Crippen LogP contribution < -0.4 is 130 Å². The van der Waals surface area contributed by atoms with Crippen LogP contribution in [0.5, 0.6) is 0 Å². The van der Waals surface area contributed by atoms with E-state index in [-0.39, 0.29) is 103 Å². The van der Waals surface area contributed by atoms with Gasteiger partial charge in [0.15, 0.2) is 0 Å². The summed E-state index contributed by atoms with van der Waals surface area (Å²) in [5.41, 5.74) is 13.2. The Kier molecular flexibility index (Phi) is 26.1. The molecule has 0 aromatic carbocycles. The van der Waals surface area contributed by atoms with Crippen molar-refractivity contribution in [2.45, 2.75) is 12.5 Å². The van der Waals surface area contributed by atoms with Crippen molar-refractivity contribution in [3.05, 3.63) is 0 Å². The van der Waals surface area contributed by atoms with Gasteiger partial charge >= 0.3 is 109 Å². The maximum atomic E-state index is 9.71. The normalized spacial score (nSPS) is 9.13. The summed E-state index contributed by atoms with van der Waals surface area (Å²) in [7, 11) is 0. The minimum absolute atomic E-state index is 0. The average Bonchev–Trinajstić information content (AvgIpc) is 1.83. The summed E-state index contributed by atoms with van der Waals surface area (Å²) < 4.78 is 0. The average molecular weight is 269 g/mol. The van der Waals surface area contributed by atoms with Gasteiger partial charge in [0.25, 0.3) is 0 Å². The fourth-order valence-corrected chi connectivity index (χ4v) is 0.263. The number of amides is 2. The van der Waals surface area contributed by atoms with Crippen LogP contribution in [0.3, 0.4) is 0 Å². The number of hydrogen-bond acceptors (Lipinski definition) is 6. The van der Waals surface area contributed by atoms with E-state index in [0.717, 1.165) is 0 Å². The maximum Gasteiger partial charge on any atom is 1.00 e. The van der Waals surface area contributed by atoms with E-state index >= 15 is 0 Å². The van der Waals surface area contributed by atoms with E-state index in [1.165, 1.54) is 0 Å². The second-order valence-corrected chi connectivity index (χ2v) is 1.90. The molecule has 0 spiro atoms. The minimum atomic E-state index is -1.58. The summed E-state index contributed by atoms with van der Waals surface area (Å²) in [5.74, 6) is -3.08. The molecule has 0 aromatic rings. The van der Waals surface area contributed by atoms with Crippen molar-refractivity contribution in [2.75, 3.05) is 0 Å². The van der Waals surface area contributed by atoms with Crippen molar-refractivity contribution in [1.29, 1.82) is 0 Å². The molecule has 0 aromatic heterocycles. The molecule has 0 aliphatic rings. The first-order chi connectivity index (χ1) is 5.77. The molecule has 76 valence electrons. The van der Waals surface area contributed by atoms with Crippen LogP contribution in [0.25, 0.3) is 0 Å². The molecule has 6 N–H and O–H groups in total. The van der Waals surface area contributed by atoms with Crippen molar-refractivity contribution >= 4 is 18.0 Å². The van der Waals surface area contributed by atoms with Crippen LogP contribution in [0.4, 0.5) is 4.79 Å². The van der Waals surface area contributed by atoms with E-state index in [9.17, 15) is 19.8 Å². The Labute approximate surface area is 171 Å². The van der Waals surface area contributed by atoms with Gasteiger partial charge in [-0.1, -0.05) is 0 Å². The number of carbonyl (C=O) groups excluding carboxylic acids is 3. The molecule has 8 nitrogen and oxygen atoms in total. The molecule has 2 amide bonds. The number of carboxylic acid groups (broad SMARTS) is 2. The van der Waals surface area contributed by atoms with Gasteiger partial charge in [0, 0.05) is 18.4 Å². The quantitative estimate of drug-likeness (QED) is 0.428. The predicted molar refractivity (Wildman–Crippen MR) is 36.4 cm³/mol. The molecule has 10 heteroatoms. The minimum Gasteiger partial charge on any atom is -0.550 e. The summed E-state index contributed by atoms with van der Waals surface area (Å²) in [6, 6.07) is -2.30. The second kappa shape index (κ2) is 15.4. The van der Waals surface area contributed by atoms with Gasteiger partial charge in [0.2, 0.25) is 0 Å². The zero-order chi connectivity index (χ0) is 11.0. The summed E-state index contributed by atoms with van der Waals surface area (Å²) in [5, 5.41) is 19.3. The van der Waals surface area contributed by atoms with Crippen LogP contribution in [0.1, 0.15) is 6.42 Å². The second-order valence-electron chi connectivity index (χ2n) is 1.90. The van der Waals surface area contributed by atoms with E-state index in [0.29, 0.717) is 0 Å². The fourth-order valence-electron chi connectivity index (χ4n) is 0.263. The third kappa shape index (κ3) is 31.3. The van der Waals surface area contributed by atoms with Crippen molar-refractivity contribution in [1.82, 2.24) is 0 Å². The van der Waals surface area contributed by atoms with Crippen LogP contribution in [0.15, 0.2) is 0 Å². The molecule has 0 rings (SSSR count). The van der Waals surface area contributed by atoms with Crippen molar-refractivity contribution in [3.8, 4) is 0 Å². The van der Waals surface area contributed by atoms with Crippen LogP contribution >= 0.6 is 0 Å². The summed E-state index contributed by atoms with van der Waals surface area (Å²) in [6.07, 6.45) is -0.706. The van der Waals surface area contributed by atoms with Crippen LogP contribution in [0.2, 0.25) is 0 Å². The van der Waals surface area contributed by atoms with Crippen LogP contribution in [-0.4, -0.2) is 24.0 Å². The van der Waals surface area contributed by atoms with E-state index < -0.39 is 30.4 Å². The van der Waals surface area contributed by atoms with Gasteiger partial charge in [0.05, 0.1) is 5.97 Å². The largest absolute Gasteiger partial charge is 1.00 e. The first kappa shape index (κ1) is 25.3. The smallest absolute Gasteiger partial charge is 0.550 e. The van der Waals surface area contributed by atoms with Gasteiger partial charge in [-0.25, -0.2) is 4.79 Å². The maximum absolute atomic E-state index is 9.71. The van der Waals surface area contributed by atoms with E-state index in [1.54, 1.807) is 0 Å². The molecule has 1 atom stereocenters. The Bertz CT molecular complexity index is 209. The molecular weight excluding hydrogens is 260 g/mol. The van der Waals surface area contributed by atoms with Gasteiger partial charge in [-0.3, -0.25) is 0 Å². The Morgan fingerprint density at radius 3 is 1.40 bits per heavy atom. The van der Waals surface area contributed by atoms with E-state index in [4.69, 9.17) is 10.5 Å². The number of nitrogens with two attached hydrogens (primary N) is 3. The number of primary amides is 2. The van der Waals surface area contributed by atoms with E-state index in [2.05, 4.69) is 11.5 Å². The van der Waals surface area contributed by atoms with Gasteiger partial charge in [-0.15, -0.1) is 0 Å². The Morgan fingerprint density at radius 2 is 1.33 bits per heavy atom. The number of rotatable bonds is 3. The standard InChI is InChI=1S/C4H7NO4.CH4N2O.2K/c5-2(4(8)9)1-3(6)7;2-1(3)4;;/h2H,1,5H2,(H,6,7)(H,8,9);(H4,2,3,4);;/q;;2*+1/p-2. The van der Waals surface area contributed by atoms with E-state index in [1.807, 2.05) is 0 Å². The third-order valence-electron chi connectivity index (χ3n) is 0.689. The number of hydrogen-bond donors (Lipinski definition) is 3. The molecule has 0 bridgehead atoms. The molecule has 0 radical (unpaired) electrons. The Morgan fingerprint density at radius 1 is 1.07 bits per heavy atom. The molecule has 0 saturated carbocycles. The number of carboxylic acids is 2. The van der Waals surface area contributed by atoms with Gasteiger partial charge < -0.3 is 37.0 Å². The van der Waals surface area contributed by atoms with Gasteiger partial charge in [0.1, 0.15) is 0 Å². The van der Waals surface area contributed by atoms with Crippen molar-refractivity contribution < 1.29 is 127 Å². The Balaban J connectivity index is -0.0000000883. The fraction of sp³-hybridized carbons (Fsp3) is 0.400. The molecule has 0 aliphatic heterocycles. The molecule has 0 saturated heterocycles. The first-order valence-corrected chi connectivity index (χ1v) is 2.98. The van der Waals surface area contributed by atoms with Crippen LogP contribution in [0, 0.1) is 0 Å². The molecule has 15 heavy (non-hydrogen) atoms. The Hall–Kier alpha value is 1.44. The van der Waals surface area contributed by atoms with Gasteiger partial charge in [-0.05, 0) is 0 Å². The number of urea groups is 1. The zero-order valence-corrected chi connectivity index (χ0v) is 14.8.